The highest BCUT2D eigenvalue weighted by molar-refractivity contribution is 5.89. The van der Waals surface area contributed by atoms with Gasteiger partial charge in [0.25, 0.3) is 5.91 Å². The first-order valence-corrected chi connectivity index (χ1v) is 7.74. The molecule has 0 unspecified atom stereocenters. The fourth-order valence-corrected chi connectivity index (χ4v) is 2.57. The molecule has 0 aliphatic rings. The molecular formula is C19H22N2O3. The molecule has 5 heteroatoms. The third kappa shape index (κ3) is 4.67. The number of primary amides is 1. The SMILES string of the molecule is CO[C@H](C(=O)N[C@@H](Cc1cccc(C)c1)C(N)=O)c1ccccc1. The maximum Gasteiger partial charge on any atom is 0.254 e. The lowest BCUT2D eigenvalue weighted by atomic mass is 10.0. The number of amides is 2. The summed E-state index contributed by atoms with van der Waals surface area (Å²) in [6, 6.07) is 16.1. The molecule has 5 nitrogen and oxygen atoms in total. The lowest BCUT2D eigenvalue weighted by molar-refractivity contribution is -0.134. The monoisotopic (exact) mass is 326 g/mol. The topological polar surface area (TPSA) is 81.4 Å². The van der Waals surface area contributed by atoms with E-state index in [0.29, 0.717) is 6.42 Å². The predicted molar refractivity (Wildman–Crippen MR) is 92.2 cm³/mol. The van der Waals surface area contributed by atoms with Crippen molar-refractivity contribution < 1.29 is 14.3 Å². The van der Waals surface area contributed by atoms with E-state index in [2.05, 4.69) is 5.32 Å². The van der Waals surface area contributed by atoms with Gasteiger partial charge < -0.3 is 15.8 Å². The number of nitrogens with one attached hydrogen (secondary N) is 1. The fraction of sp³-hybridized carbons (Fsp3) is 0.263. The molecule has 2 rings (SSSR count). The number of benzene rings is 2. The highest BCUT2D eigenvalue weighted by atomic mass is 16.5. The average Bonchev–Trinajstić information content (AvgIpc) is 2.56. The van der Waals surface area contributed by atoms with Gasteiger partial charge in [-0.3, -0.25) is 9.59 Å². The molecule has 0 fully saturated rings. The molecule has 0 aliphatic heterocycles. The van der Waals surface area contributed by atoms with Crippen LogP contribution in [-0.2, 0) is 20.7 Å². The first-order chi connectivity index (χ1) is 11.5. The van der Waals surface area contributed by atoms with Gasteiger partial charge in [0.05, 0.1) is 0 Å². The van der Waals surface area contributed by atoms with Crippen molar-refractivity contribution in [3.63, 3.8) is 0 Å². The molecule has 2 aromatic rings. The van der Waals surface area contributed by atoms with E-state index in [4.69, 9.17) is 10.5 Å². The number of rotatable bonds is 7. The van der Waals surface area contributed by atoms with Crippen LogP contribution in [0, 0.1) is 6.92 Å². The van der Waals surface area contributed by atoms with Crippen molar-refractivity contribution in [2.75, 3.05) is 7.11 Å². The third-order valence-electron chi connectivity index (χ3n) is 3.76. The van der Waals surface area contributed by atoms with Crippen molar-refractivity contribution >= 4 is 11.8 Å². The number of hydrogen-bond donors (Lipinski definition) is 2. The first-order valence-electron chi connectivity index (χ1n) is 7.74. The van der Waals surface area contributed by atoms with Gasteiger partial charge in [0.2, 0.25) is 5.91 Å². The van der Waals surface area contributed by atoms with Crippen LogP contribution >= 0.6 is 0 Å². The molecule has 0 aliphatic carbocycles. The average molecular weight is 326 g/mol. The van der Waals surface area contributed by atoms with E-state index < -0.39 is 18.1 Å². The fourth-order valence-electron chi connectivity index (χ4n) is 2.57. The lowest BCUT2D eigenvalue weighted by Crippen LogP contribution is -2.47. The quantitative estimate of drug-likeness (QED) is 0.815. The second-order valence-corrected chi connectivity index (χ2v) is 5.68. The maximum atomic E-state index is 12.5. The zero-order valence-corrected chi connectivity index (χ0v) is 13.9. The van der Waals surface area contributed by atoms with Crippen LogP contribution < -0.4 is 11.1 Å². The molecule has 24 heavy (non-hydrogen) atoms. The van der Waals surface area contributed by atoms with Gasteiger partial charge in [-0.25, -0.2) is 0 Å². The Labute approximate surface area is 141 Å². The van der Waals surface area contributed by atoms with Crippen LogP contribution in [0.5, 0.6) is 0 Å². The Balaban J connectivity index is 2.11. The summed E-state index contributed by atoms with van der Waals surface area (Å²) in [6.07, 6.45) is -0.445. The zero-order valence-electron chi connectivity index (χ0n) is 13.9. The van der Waals surface area contributed by atoms with Gasteiger partial charge in [0.1, 0.15) is 6.04 Å². The molecule has 2 aromatic carbocycles. The summed E-state index contributed by atoms with van der Waals surface area (Å²) in [5.74, 6) is -0.965. The molecule has 0 bridgehead atoms. The van der Waals surface area contributed by atoms with Gasteiger partial charge in [0.15, 0.2) is 6.10 Å². The zero-order chi connectivity index (χ0) is 17.5. The summed E-state index contributed by atoms with van der Waals surface area (Å²) in [7, 11) is 1.46. The Morgan fingerprint density at radius 2 is 1.83 bits per heavy atom. The molecule has 126 valence electrons. The van der Waals surface area contributed by atoms with E-state index in [-0.39, 0.29) is 5.91 Å². The molecule has 0 saturated heterocycles. The van der Waals surface area contributed by atoms with Crippen molar-refractivity contribution in [1.29, 1.82) is 0 Å². The maximum absolute atomic E-state index is 12.5. The van der Waals surface area contributed by atoms with E-state index in [0.717, 1.165) is 16.7 Å². The standard InChI is InChI=1S/C19H22N2O3/c1-13-7-6-8-14(11-13)12-16(18(20)22)21-19(23)17(24-2)15-9-4-3-5-10-15/h3-11,16-17H,12H2,1-2H3,(H2,20,22)(H,21,23)/t16-,17-/m0/s1. The molecule has 0 radical (unpaired) electrons. The van der Waals surface area contributed by atoms with Crippen molar-refractivity contribution in [3.8, 4) is 0 Å². The molecule has 2 amide bonds. The molecule has 0 aromatic heterocycles. The van der Waals surface area contributed by atoms with Crippen molar-refractivity contribution in [2.24, 2.45) is 5.73 Å². The number of aryl methyl sites for hydroxylation is 1. The lowest BCUT2D eigenvalue weighted by Gasteiger charge is -2.20. The van der Waals surface area contributed by atoms with Gasteiger partial charge in [-0.1, -0.05) is 60.2 Å². The largest absolute Gasteiger partial charge is 0.368 e. The minimum Gasteiger partial charge on any atom is -0.368 e. The van der Waals surface area contributed by atoms with E-state index in [1.54, 1.807) is 12.1 Å². The molecular weight excluding hydrogens is 304 g/mol. The normalized spacial score (nSPS) is 13.1. The summed E-state index contributed by atoms with van der Waals surface area (Å²) in [6.45, 7) is 1.97. The Kier molecular flexibility index (Phi) is 6.09. The van der Waals surface area contributed by atoms with Crippen LogP contribution in [0.3, 0.4) is 0 Å². The van der Waals surface area contributed by atoms with Gasteiger partial charge >= 0.3 is 0 Å². The molecule has 2 atom stereocenters. The van der Waals surface area contributed by atoms with E-state index in [1.807, 2.05) is 49.4 Å². The van der Waals surface area contributed by atoms with Crippen LogP contribution in [0.1, 0.15) is 22.8 Å². The summed E-state index contributed by atoms with van der Waals surface area (Å²) in [5.41, 5.74) is 8.20. The van der Waals surface area contributed by atoms with Crippen LogP contribution in [0.2, 0.25) is 0 Å². The second-order valence-electron chi connectivity index (χ2n) is 5.68. The van der Waals surface area contributed by atoms with Crippen LogP contribution in [0.15, 0.2) is 54.6 Å². The van der Waals surface area contributed by atoms with E-state index in [9.17, 15) is 9.59 Å². The van der Waals surface area contributed by atoms with Crippen molar-refractivity contribution in [3.05, 3.63) is 71.3 Å². The third-order valence-corrected chi connectivity index (χ3v) is 3.76. The van der Waals surface area contributed by atoms with Crippen LogP contribution in [-0.4, -0.2) is 25.0 Å². The second kappa shape index (κ2) is 8.26. The number of hydrogen-bond acceptors (Lipinski definition) is 3. The Morgan fingerprint density at radius 1 is 1.12 bits per heavy atom. The Bertz CT molecular complexity index is 701. The summed E-state index contributed by atoms with van der Waals surface area (Å²) >= 11 is 0. The highest BCUT2D eigenvalue weighted by Gasteiger charge is 2.25. The van der Waals surface area contributed by atoms with Crippen LogP contribution in [0.4, 0.5) is 0 Å². The highest BCUT2D eigenvalue weighted by Crippen LogP contribution is 2.17. The molecule has 0 spiro atoms. The molecule has 3 N–H and O–H groups in total. The molecule has 0 heterocycles. The summed E-state index contributed by atoms with van der Waals surface area (Å²) < 4.78 is 5.28. The van der Waals surface area contributed by atoms with Gasteiger partial charge in [0, 0.05) is 13.5 Å². The minimum absolute atomic E-state index is 0.341. The Morgan fingerprint density at radius 3 is 2.42 bits per heavy atom. The minimum atomic E-state index is -0.791. The van der Waals surface area contributed by atoms with Crippen molar-refractivity contribution in [1.82, 2.24) is 5.32 Å². The molecule has 0 saturated carbocycles. The Hall–Kier alpha value is -2.66. The van der Waals surface area contributed by atoms with Crippen molar-refractivity contribution in [2.45, 2.75) is 25.5 Å². The van der Waals surface area contributed by atoms with Gasteiger partial charge in [-0.15, -0.1) is 0 Å². The number of ether oxygens (including phenoxy) is 1. The first kappa shape index (κ1) is 17.7. The van der Waals surface area contributed by atoms with Gasteiger partial charge in [-0.05, 0) is 18.1 Å². The van der Waals surface area contributed by atoms with Gasteiger partial charge in [-0.2, -0.15) is 0 Å². The summed E-state index contributed by atoms with van der Waals surface area (Å²) in [4.78, 5) is 24.2. The number of carbonyl (C=O) groups excluding carboxylic acids is 2. The van der Waals surface area contributed by atoms with E-state index in [1.165, 1.54) is 7.11 Å². The predicted octanol–water partition coefficient (Wildman–Crippen LogP) is 1.90. The smallest absolute Gasteiger partial charge is 0.254 e. The summed E-state index contributed by atoms with van der Waals surface area (Å²) in [5, 5.41) is 2.70. The number of methoxy groups -OCH3 is 1. The van der Waals surface area contributed by atoms with E-state index >= 15 is 0 Å². The number of nitrogens with two attached hydrogens (primary N) is 1. The van der Waals surface area contributed by atoms with Crippen LogP contribution in [0.25, 0.3) is 0 Å². The number of carbonyl (C=O) groups is 2.